The first-order chi connectivity index (χ1) is 7.53. The molecular weight excluding hydrogens is 248 g/mol. The van der Waals surface area contributed by atoms with E-state index in [1.54, 1.807) is 24.3 Å². The fourth-order valence-corrected chi connectivity index (χ4v) is 2.58. The molecule has 1 rings (SSSR count). The van der Waals surface area contributed by atoms with Crippen LogP contribution in [-0.2, 0) is 20.3 Å². The van der Waals surface area contributed by atoms with E-state index in [0.717, 1.165) is 5.56 Å². The van der Waals surface area contributed by atoms with Crippen LogP contribution in [0.1, 0.15) is 12.5 Å². The highest BCUT2D eigenvalue weighted by molar-refractivity contribution is 7.90. The molecule has 0 aliphatic heterocycles. The zero-order valence-electron chi connectivity index (χ0n) is 9.15. The van der Waals surface area contributed by atoms with Crippen molar-refractivity contribution in [3.05, 3.63) is 34.9 Å². The van der Waals surface area contributed by atoms with Gasteiger partial charge in [-0.3, -0.25) is 0 Å². The molecule has 0 saturated heterocycles. The highest BCUT2D eigenvalue weighted by Gasteiger charge is 2.11. The molecule has 0 heterocycles. The second kappa shape index (κ2) is 6.23. The van der Waals surface area contributed by atoms with E-state index in [0.29, 0.717) is 11.6 Å². The Hall–Kier alpha value is -0.580. The Labute approximate surface area is 101 Å². The van der Waals surface area contributed by atoms with Gasteiger partial charge in [0, 0.05) is 11.6 Å². The van der Waals surface area contributed by atoms with Crippen LogP contribution in [0.2, 0.25) is 5.02 Å². The minimum Gasteiger partial charge on any atom is -0.381 e. The van der Waals surface area contributed by atoms with Crippen LogP contribution < -0.4 is 0 Å². The topological polar surface area (TPSA) is 43.4 Å². The van der Waals surface area contributed by atoms with Gasteiger partial charge in [0.2, 0.25) is 0 Å². The number of hydrogen-bond donors (Lipinski definition) is 0. The van der Waals surface area contributed by atoms with Crippen LogP contribution in [0.3, 0.4) is 0 Å². The third-order valence-electron chi connectivity index (χ3n) is 2.04. The van der Waals surface area contributed by atoms with Crippen LogP contribution in [0, 0.1) is 0 Å². The first-order valence-electron chi connectivity index (χ1n) is 5.06. The maximum Gasteiger partial charge on any atom is 0.156 e. The van der Waals surface area contributed by atoms with E-state index in [1.165, 1.54) is 0 Å². The van der Waals surface area contributed by atoms with Crippen LogP contribution in [0.5, 0.6) is 0 Å². The van der Waals surface area contributed by atoms with Crippen molar-refractivity contribution >= 4 is 21.4 Å². The number of rotatable bonds is 6. The lowest BCUT2D eigenvalue weighted by molar-refractivity contribution is 0.163. The molecule has 0 bridgehead atoms. The molecule has 5 heteroatoms. The highest BCUT2D eigenvalue weighted by atomic mass is 35.5. The smallest absolute Gasteiger partial charge is 0.156 e. The zero-order valence-corrected chi connectivity index (χ0v) is 10.7. The van der Waals surface area contributed by atoms with Crippen molar-refractivity contribution in [2.75, 3.05) is 19.0 Å². The van der Waals surface area contributed by atoms with Gasteiger partial charge < -0.3 is 4.74 Å². The Bertz CT molecular complexity index is 411. The van der Waals surface area contributed by atoms with Gasteiger partial charge in [-0.15, -0.1) is 0 Å². The Balaban J connectivity index is 2.55. The number of halogens is 1. The lowest BCUT2D eigenvalue weighted by Crippen LogP contribution is -2.14. The van der Waals surface area contributed by atoms with Gasteiger partial charge >= 0.3 is 0 Å². The molecule has 1 aromatic rings. The first kappa shape index (κ1) is 13.5. The molecule has 0 aliphatic rings. The van der Waals surface area contributed by atoms with E-state index >= 15 is 0 Å². The summed E-state index contributed by atoms with van der Waals surface area (Å²) in [6, 6.07) is 6.82. The molecule has 0 saturated carbocycles. The van der Waals surface area contributed by atoms with E-state index in [-0.39, 0.29) is 18.1 Å². The molecule has 0 unspecified atom stereocenters. The molecule has 0 aromatic heterocycles. The summed E-state index contributed by atoms with van der Waals surface area (Å²) < 4.78 is 28.3. The first-order valence-corrected chi connectivity index (χ1v) is 7.26. The van der Waals surface area contributed by atoms with Crippen LogP contribution in [-0.4, -0.2) is 27.4 Å². The van der Waals surface area contributed by atoms with Gasteiger partial charge in [0.15, 0.2) is 9.84 Å². The average Bonchev–Trinajstić information content (AvgIpc) is 2.21. The standard InChI is InChI=1S/C11H15ClO3S/c1-2-15-7-8-16(13,14)9-10-3-5-11(12)6-4-10/h3-6H,2,7-9H2,1H3. The fourth-order valence-electron chi connectivity index (χ4n) is 1.24. The minimum absolute atomic E-state index is 0.0389. The van der Waals surface area contributed by atoms with Gasteiger partial charge in [0.25, 0.3) is 0 Å². The Kier molecular flexibility index (Phi) is 5.25. The van der Waals surface area contributed by atoms with Gasteiger partial charge in [-0.1, -0.05) is 23.7 Å². The highest BCUT2D eigenvalue weighted by Crippen LogP contribution is 2.12. The van der Waals surface area contributed by atoms with Crippen molar-refractivity contribution in [1.82, 2.24) is 0 Å². The summed E-state index contributed by atoms with van der Waals surface area (Å²) >= 11 is 5.72. The summed E-state index contributed by atoms with van der Waals surface area (Å²) in [6.07, 6.45) is 0. The number of ether oxygens (including phenoxy) is 1. The summed E-state index contributed by atoms with van der Waals surface area (Å²) in [4.78, 5) is 0. The molecule has 0 N–H and O–H groups in total. The van der Waals surface area contributed by atoms with Crippen molar-refractivity contribution < 1.29 is 13.2 Å². The molecule has 1 aromatic carbocycles. The van der Waals surface area contributed by atoms with E-state index in [1.807, 2.05) is 6.92 Å². The third-order valence-corrected chi connectivity index (χ3v) is 3.86. The molecule has 0 spiro atoms. The van der Waals surface area contributed by atoms with E-state index in [4.69, 9.17) is 16.3 Å². The van der Waals surface area contributed by atoms with Crippen molar-refractivity contribution in [2.45, 2.75) is 12.7 Å². The molecule has 16 heavy (non-hydrogen) atoms. The maximum atomic E-state index is 11.6. The Morgan fingerprint density at radius 2 is 1.88 bits per heavy atom. The molecule has 0 radical (unpaired) electrons. The lowest BCUT2D eigenvalue weighted by Gasteiger charge is -2.04. The predicted molar refractivity (Wildman–Crippen MR) is 65.4 cm³/mol. The number of benzene rings is 1. The van der Waals surface area contributed by atoms with Gasteiger partial charge in [-0.25, -0.2) is 8.42 Å². The number of hydrogen-bond acceptors (Lipinski definition) is 3. The third kappa shape index (κ3) is 4.96. The monoisotopic (exact) mass is 262 g/mol. The van der Waals surface area contributed by atoms with Crippen molar-refractivity contribution in [2.24, 2.45) is 0 Å². The Morgan fingerprint density at radius 1 is 1.25 bits per heavy atom. The van der Waals surface area contributed by atoms with Gasteiger partial charge in [0.1, 0.15) is 0 Å². The van der Waals surface area contributed by atoms with Gasteiger partial charge in [-0.05, 0) is 24.6 Å². The summed E-state index contributed by atoms with van der Waals surface area (Å²) in [5, 5.41) is 0.607. The molecule has 0 fully saturated rings. The lowest BCUT2D eigenvalue weighted by atomic mass is 10.2. The van der Waals surface area contributed by atoms with Crippen LogP contribution in [0.4, 0.5) is 0 Å². The Morgan fingerprint density at radius 3 is 2.44 bits per heavy atom. The molecule has 90 valence electrons. The van der Waals surface area contributed by atoms with Crippen LogP contribution >= 0.6 is 11.6 Å². The van der Waals surface area contributed by atoms with Crippen molar-refractivity contribution in [3.8, 4) is 0 Å². The SMILES string of the molecule is CCOCCS(=O)(=O)Cc1ccc(Cl)cc1. The molecule has 0 atom stereocenters. The molecule has 0 aliphatic carbocycles. The number of sulfone groups is 1. The largest absolute Gasteiger partial charge is 0.381 e. The molecule has 3 nitrogen and oxygen atoms in total. The molecule has 0 amide bonds. The van der Waals surface area contributed by atoms with Crippen molar-refractivity contribution in [1.29, 1.82) is 0 Å². The normalized spacial score (nSPS) is 11.6. The van der Waals surface area contributed by atoms with Crippen molar-refractivity contribution in [3.63, 3.8) is 0 Å². The quantitative estimate of drug-likeness (QED) is 0.739. The average molecular weight is 263 g/mol. The summed E-state index contributed by atoms with van der Waals surface area (Å²) in [5.41, 5.74) is 0.751. The summed E-state index contributed by atoms with van der Waals surface area (Å²) in [6.45, 7) is 2.63. The molecular formula is C11H15ClO3S. The summed E-state index contributed by atoms with van der Waals surface area (Å²) in [5.74, 6) is 0.0979. The van der Waals surface area contributed by atoms with E-state index in [2.05, 4.69) is 0 Å². The van der Waals surface area contributed by atoms with E-state index in [9.17, 15) is 8.42 Å². The summed E-state index contributed by atoms with van der Waals surface area (Å²) in [7, 11) is -3.09. The van der Waals surface area contributed by atoms with Gasteiger partial charge in [0.05, 0.1) is 18.1 Å². The maximum absolute atomic E-state index is 11.6. The van der Waals surface area contributed by atoms with Crippen LogP contribution in [0.25, 0.3) is 0 Å². The van der Waals surface area contributed by atoms with Gasteiger partial charge in [-0.2, -0.15) is 0 Å². The van der Waals surface area contributed by atoms with Crippen LogP contribution in [0.15, 0.2) is 24.3 Å². The fraction of sp³-hybridized carbons (Fsp3) is 0.455. The predicted octanol–water partition coefficient (Wildman–Crippen LogP) is 2.29. The zero-order chi connectivity index (χ0) is 12.0. The minimum atomic E-state index is -3.09. The van der Waals surface area contributed by atoms with E-state index < -0.39 is 9.84 Å². The second-order valence-electron chi connectivity index (χ2n) is 3.42. The second-order valence-corrected chi connectivity index (χ2v) is 6.04.